The molecule has 0 bridgehead atoms. The van der Waals surface area contributed by atoms with E-state index in [-0.39, 0.29) is 41.0 Å². The number of carbonyl (C=O) groups excluding carboxylic acids is 2. The summed E-state index contributed by atoms with van der Waals surface area (Å²) in [6.45, 7) is 8.86. The fourth-order valence-corrected chi connectivity index (χ4v) is 6.51. The largest absolute Gasteiger partial charge is 0.508 e. The zero-order valence-electron chi connectivity index (χ0n) is 22.9. The summed E-state index contributed by atoms with van der Waals surface area (Å²) >= 11 is 6.12. The van der Waals surface area contributed by atoms with Crippen LogP contribution in [0.2, 0.25) is 0 Å². The number of hydrogen-bond acceptors (Lipinski definition) is 5. The molecule has 0 saturated carbocycles. The van der Waals surface area contributed by atoms with E-state index in [1.165, 1.54) is 19.3 Å². The van der Waals surface area contributed by atoms with Crippen molar-refractivity contribution in [2.24, 2.45) is 23.7 Å². The predicted octanol–water partition coefficient (Wildman–Crippen LogP) is 5.06. The van der Waals surface area contributed by atoms with E-state index in [1.807, 2.05) is 17.1 Å². The van der Waals surface area contributed by atoms with Crippen LogP contribution in [0.4, 0.5) is 9.18 Å². The number of halogens is 2. The first kappa shape index (κ1) is 28.7. The molecule has 2 aliphatic heterocycles. The Balaban J connectivity index is 1.52. The average Bonchev–Trinajstić information content (AvgIpc) is 3.30. The molecule has 7 nitrogen and oxygen atoms in total. The number of aliphatic hydroxyl groups is 1. The molecule has 4 unspecified atom stereocenters. The lowest BCUT2D eigenvalue weighted by atomic mass is 9.78. The summed E-state index contributed by atoms with van der Waals surface area (Å²) in [5.41, 5.74) is -0.161. The van der Waals surface area contributed by atoms with E-state index >= 15 is 4.39 Å². The third kappa shape index (κ3) is 6.28. The number of allylic oxidation sites excluding steroid dienone is 6. The third-order valence-corrected chi connectivity index (χ3v) is 8.83. The summed E-state index contributed by atoms with van der Waals surface area (Å²) in [5, 5.41) is 10.5. The minimum Gasteiger partial charge on any atom is -0.508 e. The molecule has 0 aromatic heterocycles. The molecule has 9 heteroatoms. The average molecular weight is 550 g/mol. The van der Waals surface area contributed by atoms with E-state index in [1.54, 1.807) is 11.0 Å². The normalized spacial score (nSPS) is 32.9. The van der Waals surface area contributed by atoms with Crippen molar-refractivity contribution in [1.29, 1.82) is 0 Å². The van der Waals surface area contributed by atoms with Gasteiger partial charge in [0.1, 0.15) is 11.9 Å². The van der Waals surface area contributed by atoms with Gasteiger partial charge in [0.25, 0.3) is 0 Å². The number of amides is 2. The first-order valence-corrected chi connectivity index (χ1v) is 14.0. The van der Waals surface area contributed by atoms with Crippen molar-refractivity contribution >= 4 is 23.6 Å². The van der Waals surface area contributed by atoms with E-state index in [4.69, 9.17) is 16.3 Å². The Bertz CT molecular complexity index is 1020. The molecule has 4 rings (SSSR count). The second-order valence-electron chi connectivity index (χ2n) is 11.9. The number of aliphatic hydroxyl groups excluding tert-OH is 1. The molecule has 38 heavy (non-hydrogen) atoms. The first-order chi connectivity index (χ1) is 18.0. The van der Waals surface area contributed by atoms with Gasteiger partial charge in [-0.1, -0.05) is 29.8 Å². The molecule has 4 aliphatic rings. The highest BCUT2D eigenvalue weighted by Gasteiger charge is 2.47. The van der Waals surface area contributed by atoms with Crippen molar-refractivity contribution in [3.8, 4) is 0 Å². The lowest BCUT2D eigenvalue weighted by molar-refractivity contribution is -0.137. The summed E-state index contributed by atoms with van der Waals surface area (Å²) in [5.74, 6) is -0.980. The highest BCUT2D eigenvalue weighted by atomic mass is 35.5. The van der Waals surface area contributed by atoms with Gasteiger partial charge in [-0.15, -0.1) is 0 Å². The predicted molar refractivity (Wildman–Crippen MR) is 146 cm³/mol. The summed E-state index contributed by atoms with van der Waals surface area (Å²) in [6.07, 6.45) is 10.9. The standard InChI is InChI=1S/C29H41ClFN3O4/c1-29(2,3)33-17-23(22-12-11-21(35)16-25(22)31)24(18-33)27(36)32-13-5-6-26(19-7-9-20(30)10-8-19)34(15-14-32)28(37)38-4/h7,9-12,16,19,22-26,35H,5-6,8,13-15,17-18H2,1-4H3/t19?,22?,23-,24?,25?,26-/m0/s1. The minimum absolute atomic E-state index is 0.0108. The Kier molecular flexibility index (Phi) is 8.92. The van der Waals surface area contributed by atoms with Crippen LogP contribution in [0.25, 0.3) is 0 Å². The third-order valence-electron chi connectivity index (χ3n) is 8.55. The van der Waals surface area contributed by atoms with Crippen molar-refractivity contribution in [2.75, 3.05) is 39.8 Å². The molecule has 6 atom stereocenters. The van der Waals surface area contributed by atoms with Crippen LogP contribution in [0.3, 0.4) is 0 Å². The number of nitrogens with zero attached hydrogens (tertiary/aromatic N) is 3. The Labute approximate surface area is 230 Å². The van der Waals surface area contributed by atoms with Crippen LogP contribution in [0.5, 0.6) is 0 Å². The highest BCUT2D eigenvalue weighted by molar-refractivity contribution is 6.31. The van der Waals surface area contributed by atoms with Gasteiger partial charge in [-0.25, -0.2) is 9.18 Å². The molecule has 2 amide bonds. The Morgan fingerprint density at radius 1 is 1.13 bits per heavy atom. The fraction of sp³-hybridized carbons (Fsp3) is 0.655. The van der Waals surface area contributed by atoms with Gasteiger partial charge >= 0.3 is 6.09 Å². The Morgan fingerprint density at radius 2 is 1.89 bits per heavy atom. The van der Waals surface area contributed by atoms with Crippen molar-refractivity contribution in [3.05, 3.63) is 47.2 Å². The number of alkyl halides is 1. The van der Waals surface area contributed by atoms with E-state index in [9.17, 15) is 14.7 Å². The van der Waals surface area contributed by atoms with E-state index in [0.29, 0.717) is 37.8 Å². The molecule has 0 spiro atoms. The summed E-state index contributed by atoms with van der Waals surface area (Å²) < 4.78 is 20.2. The molecular formula is C29H41ClFN3O4. The quantitative estimate of drug-likeness (QED) is 0.533. The second kappa shape index (κ2) is 11.8. The molecule has 2 fully saturated rings. The molecule has 0 radical (unpaired) electrons. The number of hydrogen-bond donors (Lipinski definition) is 1. The van der Waals surface area contributed by atoms with Gasteiger partial charge < -0.3 is 19.6 Å². The van der Waals surface area contributed by atoms with Gasteiger partial charge in [0.15, 0.2) is 0 Å². The van der Waals surface area contributed by atoms with Gasteiger partial charge in [-0.05, 0) is 64.2 Å². The Morgan fingerprint density at radius 3 is 2.53 bits per heavy atom. The maximum atomic E-state index is 15.1. The number of carbonyl (C=O) groups is 2. The van der Waals surface area contributed by atoms with Crippen molar-refractivity contribution < 1.29 is 23.8 Å². The SMILES string of the molecule is COC(=O)N1CCN(C(=O)C2CN(C(C)(C)C)C[C@H]2C2C=CC(O)=CC2F)CCC[C@H]1C1C=CC(Cl)=CC1. The van der Waals surface area contributed by atoms with Crippen molar-refractivity contribution in [3.63, 3.8) is 0 Å². The van der Waals surface area contributed by atoms with Crippen LogP contribution >= 0.6 is 11.6 Å². The van der Waals surface area contributed by atoms with Crippen LogP contribution < -0.4 is 0 Å². The van der Waals surface area contributed by atoms with Gasteiger partial charge in [0, 0.05) is 61.2 Å². The highest BCUT2D eigenvalue weighted by Crippen LogP contribution is 2.40. The monoisotopic (exact) mass is 549 g/mol. The Hall–Kier alpha value is -2.32. The number of rotatable bonds is 3. The molecule has 210 valence electrons. The maximum Gasteiger partial charge on any atom is 0.409 e. The summed E-state index contributed by atoms with van der Waals surface area (Å²) in [4.78, 5) is 32.7. The first-order valence-electron chi connectivity index (χ1n) is 13.6. The van der Waals surface area contributed by atoms with Gasteiger partial charge in [0.05, 0.1) is 13.0 Å². The molecule has 0 aromatic rings. The zero-order valence-corrected chi connectivity index (χ0v) is 23.6. The smallest absolute Gasteiger partial charge is 0.409 e. The van der Waals surface area contributed by atoms with Crippen LogP contribution in [0.15, 0.2) is 47.2 Å². The van der Waals surface area contributed by atoms with Crippen LogP contribution in [0.1, 0.15) is 40.0 Å². The molecular weight excluding hydrogens is 509 g/mol. The lowest BCUT2D eigenvalue weighted by Gasteiger charge is -2.40. The molecule has 2 aliphatic carbocycles. The summed E-state index contributed by atoms with van der Waals surface area (Å²) in [6, 6.07) is -0.0354. The molecule has 1 N–H and O–H groups in total. The van der Waals surface area contributed by atoms with Gasteiger partial charge in [-0.2, -0.15) is 0 Å². The van der Waals surface area contributed by atoms with E-state index in [0.717, 1.165) is 19.3 Å². The van der Waals surface area contributed by atoms with Crippen molar-refractivity contribution in [2.45, 2.75) is 57.8 Å². The second-order valence-corrected chi connectivity index (χ2v) is 12.3. The lowest BCUT2D eigenvalue weighted by Crippen LogP contribution is -2.52. The number of ether oxygens (including phenoxy) is 1. The minimum atomic E-state index is -1.34. The maximum absolute atomic E-state index is 15.1. The van der Waals surface area contributed by atoms with E-state index < -0.39 is 18.2 Å². The van der Waals surface area contributed by atoms with Gasteiger partial charge in [-0.3, -0.25) is 9.69 Å². The molecule has 2 saturated heterocycles. The molecule has 2 heterocycles. The topological polar surface area (TPSA) is 73.3 Å². The van der Waals surface area contributed by atoms with Crippen LogP contribution in [0, 0.1) is 23.7 Å². The number of methoxy groups -OCH3 is 1. The molecule has 0 aromatic carbocycles. The van der Waals surface area contributed by atoms with Crippen LogP contribution in [-0.2, 0) is 9.53 Å². The fourth-order valence-electron chi connectivity index (χ4n) is 6.35. The van der Waals surface area contributed by atoms with Crippen molar-refractivity contribution in [1.82, 2.24) is 14.7 Å². The summed E-state index contributed by atoms with van der Waals surface area (Å²) in [7, 11) is 1.39. The number of likely N-dealkylation sites (tertiary alicyclic amines) is 1. The van der Waals surface area contributed by atoms with Crippen LogP contribution in [-0.4, -0.2) is 89.4 Å². The zero-order chi connectivity index (χ0) is 27.6. The van der Waals surface area contributed by atoms with E-state index in [2.05, 4.69) is 31.7 Å². The van der Waals surface area contributed by atoms with Gasteiger partial charge in [0.2, 0.25) is 5.91 Å².